The number of nitrogens with zero attached hydrogens (tertiary/aromatic N) is 2. The lowest BCUT2D eigenvalue weighted by Crippen LogP contribution is -2.42. The number of carbonyl (C=O) groups is 1. The van der Waals surface area contributed by atoms with E-state index in [0.717, 1.165) is 16.7 Å². The van der Waals surface area contributed by atoms with E-state index in [2.05, 4.69) is 0 Å². The Morgan fingerprint density at radius 2 is 1.73 bits per heavy atom. The average molecular weight is 352 g/mol. The van der Waals surface area contributed by atoms with E-state index in [1.165, 1.54) is 0 Å². The molecule has 0 aromatic heterocycles. The molecule has 2 aromatic rings. The predicted octanol–water partition coefficient (Wildman–Crippen LogP) is 3.13. The van der Waals surface area contributed by atoms with E-state index in [-0.39, 0.29) is 18.6 Å². The van der Waals surface area contributed by atoms with Gasteiger partial charge in [0.1, 0.15) is 6.04 Å². The molecular formula is C22H28N2O2. The largest absolute Gasteiger partial charge is 0.395 e. The van der Waals surface area contributed by atoms with E-state index in [1.807, 2.05) is 92.7 Å². The molecule has 0 spiro atoms. The normalized spacial score (nSPS) is 12.5. The van der Waals surface area contributed by atoms with Gasteiger partial charge in [0.15, 0.2) is 0 Å². The zero-order valence-corrected chi connectivity index (χ0v) is 15.8. The van der Waals surface area contributed by atoms with Crippen LogP contribution in [0.1, 0.15) is 22.7 Å². The minimum atomic E-state index is -0.368. The molecule has 138 valence electrons. The first-order chi connectivity index (χ1) is 12.5. The number of aliphatic hydroxyl groups excluding tert-OH is 1. The number of hydrogen-bond acceptors (Lipinski definition) is 3. The van der Waals surface area contributed by atoms with Crippen LogP contribution >= 0.6 is 0 Å². The summed E-state index contributed by atoms with van der Waals surface area (Å²) in [5, 5.41) is 9.42. The van der Waals surface area contributed by atoms with Crippen LogP contribution in [0.4, 0.5) is 0 Å². The predicted molar refractivity (Wildman–Crippen MR) is 107 cm³/mol. The van der Waals surface area contributed by atoms with Crippen molar-refractivity contribution in [2.24, 2.45) is 0 Å². The minimum absolute atomic E-state index is 0.00365. The van der Waals surface area contributed by atoms with Crippen LogP contribution in [0.3, 0.4) is 0 Å². The SMILES string of the molecule is Cc1ccccc1[C@H](C(=O)N(C/C=C/c1ccccc1)CCO)N(C)C. The maximum Gasteiger partial charge on any atom is 0.244 e. The Hall–Kier alpha value is -2.43. The summed E-state index contributed by atoms with van der Waals surface area (Å²) in [5.41, 5.74) is 3.17. The monoisotopic (exact) mass is 352 g/mol. The molecule has 0 heterocycles. The number of likely N-dealkylation sites (N-methyl/N-ethyl adjacent to an activating group) is 1. The van der Waals surface area contributed by atoms with Gasteiger partial charge in [-0.25, -0.2) is 0 Å². The van der Waals surface area contributed by atoms with E-state index in [4.69, 9.17) is 0 Å². The molecule has 4 nitrogen and oxygen atoms in total. The molecule has 0 aliphatic carbocycles. The van der Waals surface area contributed by atoms with Crippen molar-refractivity contribution >= 4 is 12.0 Å². The first-order valence-corrected chi connectivity index (χ1v) is 8.87. The third-order valence-electron chi connectivity index (χ3n) is 4.35. The first kappa shape index (κ1) is 19.9. The van der Waals surface area contributed by atoms with Crippen LogP contribution in [0.5, 0.6) is 0 Å². The Balaban J connectivity index is 2.19. The molecule has 0 fully saturated rings. The van der Waals surface area contributed by atoms with Crippen LogP contribution in [0.2, 0.25) is 0 Å². The topological polar surface area (TPSA) is 43.8 Å². The average Bonchev–Trinajstić information content (AvgIpc) is 2.63. The molecule has 2 rings (SSSR count). The van der Waals surface area contributed by atoms with Gasteiger partial charge < -0.3 is 10.0 Å². The highest BCUT2D eigenvalue weighted by atomic mass is 16.3. The van der Waals surface area contributed by atoms with Crippen molar-refractivity contribution in [3.8, 4) is 0 Å². The molecule has 26 heavy (non-hydrogen) atoms. The lowest BCUT2D eigenvalue weighted by Gasteiger charge is -2.31. The van der Waals surface area contributed by atoms with E-state index in [1.54, 1.807) is 4.90 Å². The van der Waals surface area contributed by atoms with Gasteiger partial charge in [-0.15, -0.1) is 0 Å². The summed E-state index contributed by atoms with van der Waals surface area (Å²) in [6.07, 6.45) is 3.96. The summed E-state index contributed by atoms with van der Waals surface area (Å²) in [4.78, 5) is 16.8. The van der Waals surface area contributed by atoms with Crippen molar-refractivity contribution in [3.63, 3.8) is 0 Å². The van der Waals surface area contributed by atoms with Gasteiger partial charge >= 0.3 is 0 Å². The van der Waals surface area contributed by atoms with Crippen LogP contribution in [0, 0.1) is 6.92 Å². The van der Waals surface area contributed by atoms with Crippen LogP contribution in [-0.4, -0.2) is 54.6 Å². The van der Waals surface area contributed by atoms with Crippen molar-refractivity contribution < 1.29 is 9.90 Å². The minimum Gasteiger partial charge on any atom is -0.395 e. The Morgan fingerprint density at radius 3 is 2.35 bits per heavy atom. The molecular weight excluding hydrogens is 324 g/mol. The number of benzene rings is 2. The number of amides is 1. The fraction of sp³-hybridized carbons (Fsp3) is 0.318. The highest BCUT2D eigenvalue weighted by Gasteiger charge is 2.28. The maximum atomic E-state index is 13.2. The molecule has 0 aliphatic heterocycles. The molecule has 0 bridgehead atoms. The van der Waals surface area contributed by atoms with Crippen LogP contribution < -0.4 is 0 Å². The number of aliphatic hydroxyl groups is 1. The lowest BCUT2D eigenvalue weighted by molar-refractivity contribution is -0.136. The number of hydrogen-bond donors (Lipinski definition) is 1. The Bertz CT molecular complexity index is 726. The second-order valence-corrected chi connectivity index (χ2v) is 6.54. The zero-order chi connectivity index (χ0) is 18.9. The van der Waals surface area contributed by atoms with E-state index in [0.29, 0.717) is 13.1 Å². The van der Waals surface area contributed by atoms with Gasteiger partial charge in [0.2, 0.25) is 5.91 Å². The van der Waals surface area contributed by atoms with Gasteiger partial charge in [-0.2, -0.15) is 0 Å². The second-order valence-electron chi connectivity index (χ2n) is 6.54. The lowest BCUT2D eigenvalue weighted by atomic mass is 9.99. The fourth-order valence-electron chi connectivity index (χ4n) is 2.99. The van der Waals surface area contributed by atoms with Crippen LogP contribution in [-0.2, 0) is 4.79 Å². The van der Waals surface area contributed by atoms with Crippen molar-refractivity contribution in [2.45, 2.75) is 13.0 Å². The third kappa shape index (κ3) is 5.28. The summed E-state index contributed by atoms with van der Waals surface area (Å²) < 4.78 is 0. The second kappa shape index (κ2) is 9.90. The van der Waals surface area contributed by atoms with Crippen LogP contribution in [0.25, 0.3) is 6.08 Å². The number of carbonyl (C=O) groups excluding carboxylic acids is 1. The molecule has 0 unspecified atom stereocenters. The quantitative estimate of drug-likeness (QED) is 0.794. The van der Waals surface area contributed by atoms with Gasteiger partial charge in [0.25, 0.3) is 0 Å². The Labute approximate surface area is 156 Å². The zero-order valence-electron chi connectivity index (χ0n) is 15.8. The first-order valence-electron chi connectivity index (χ1n) is 8.87. The molecule has 1 N–H and O–H groups in total. The fourth-order valence-corrected chi connectivity index (χ4v) is 2.99. The molecule has 0 aliphatic rings. The summed E-state index contributed by atoms with van der Waals surface area (Å²) in [6, 6.07) is 17.6. The van der Waals surface area contributed by atoms with Gasteiger partial charge in [-0.1, -0.05) is 66.7 Å². The highest BCUT2D eigenvalue weighted by molar-refractivity contribution is 5.84. The van der Waals surface area contributed by atoms with Crippen molar-refractivity contribution in [1.82, 2.24) is 9.80 Å². The summed E-state index contributed by atoms with van der Waals surface area (Å²) >= 11 is 0. The molecule has 0 saturated heterocycles. The van der Waals surface area contributed by atoms with Crippen molar-refractivity contribution in [3.05, 3.63) is 77.4 Å². The van der Waals surface area contributed by atoms with E-state index < -0.39 is 0 Å². The third-order valence-corrected chi connectivity index (χ3v) is 4.35. The van der Waals surface area contributed by atoms with Gasteiger partial charge in [-0.05, 0) is 37.7 Å². The maximum absolute atomic E-state index is 13.2. The summed E-state index contributed by atoms with van der Waals surface area (Å²) in [6.45, 7) is 2.74. The Kier molecular flexibility index (Phi) is 7.57. The van der Waals surface area contributed by atoms with E-state index in [9.17, 15) is 9.90 Å². The van der Waals surface area contributed by atoms with Gasteiger partial charge in [0, 0.05) is 13.1 Å². The van der Waals surface area contributed by atoms with Gasteiger partial charge in [-0.3, -0.25) is 9.69 Å². The summed E-state index contributed by atoms with van der Waals surface area (Å²) in [7, 11) is 3.82. The standard InChI is InChI=1S/C22H28N2O2/c1-18-10-7-8-14-20(18)21(23(2)3)22(26)24(16-17-25)15-9-13-19-11-5-4-6-12-19/h4-14,21,25H,15-17H2,1-3H3/b13-9+/t21-/m1/s1. The van der Waals surface area contributed by atoms with Crippen molar-refractivity contribution in [1.29, 1.82) is 0 Å². The molecule has 0 saturated carbocycles. The molecule has 1 amide bonds. The van der Waals surface area contributed by atoms with Crippen molar-refractivity contribution in [2.75, 3.05) is 33.8 Å². The summed E-state index contributed by atoms with van der Waals surface area (Å²) in [5.74, 6) is -0.00365. The van der Waals surface area contributed by atoms with Crippen LogP contribution in [0.15, 0.2) is 60.7 Å². The smallest absolute Gasteiger partial charge is 0.244 e. The molecule has 1 atom stereocenters. The molecule has 0 radical (unpaired) electrons. The molecule has 4 heteroatoms. The van der Waals surface area contributed by atoms with Gasteiger partial charge in [0.05, 0.1) is 6.61 Å². The Morgan fingerprint density at radius 1 is 1.08 bits per heavy atom. The van der Waals surface area contributed by atoms with E-state index >= 15 is 0 Å². The highest BCUT2D eigenvalue weighted by Crippen LogP contribution is 2.24. The number of rotatable bonds is 8. The molecule has 2 aromatic carbocycles. The number of aryl methyl sites for hydroxylation is 1.